The maximum atomic E-state index is 12.6. The highest BCUT2D eigenvalue weighted by Gasteiger charge is 2.33. The molecule has 0 spiro atoms. The molecule has 112 valence electrons. The average molecular weight is 299 g/mol. The highest BCUT2D eigenvalue weighted by atomic mass is 19.4. The molecule has 0 fully saturated rings. The lowest BCUT2D eigenvalue weighted by atomic mass is 10.1. The predicted octanol–water partition coefficient (Wildman–Crippen LogP) is 2.39. The molecule has 0 aliphatic carbocycles. The Kier molecular flexibility index (Phi) is 3.97. The number of hydrogen-bond acceptors (Lipinski definition) is 4. The second-order valence-electron chi connectivity index (χ2n) is 4.52. The molecular weight excluding hydrogens is 287 g/mol. The van der Waals surface area contributed by atoms with Crippen molar-refractivity contribution in [3.63, 3.8) is 0 Å². The van der Waals surface area contributed by atoms with Gasteiger partial charge in [-0.25, -0.2) is 0 Å². The molecule has 0 aliphatic rings. The molecule has 0 bridgehead atoms. The molecule has 2 aromatic rings. The molecule has 0 amide bonds. The van der Waals surface area contributed by atoms with Gasteiger partial charge in [-0.1, -0.05) is 24.3 Å². The van der Waals surface area contributed by atoms with Crippen molar-refractivity contribution in [2.24, 2.45) is 0 Å². The number of hydrogen-bond donors (Lipinski definition) is 1. The number of benzene rings is 1. The second kappa shape index (κ2) is 5.55. The normalized spacial score (nSPS) is 11.6. The van der Waals surface area contributed by atoms with Crippen LogP contribution in [0, 0.1) is 6.92 Å². The van der Waals surface area contributed by atoms with Crippen LogP contribution in [0.15, 0.2) is 24.3 Å². The van der Waals surface area contributed by atoms with Crippen LogP contribution in [0.4, 0.5) is 19.0 Å². The molecule has 0 saturated heterocycles. The zero-order chi connectivity index (χ0) is 15.6. The van der Waals surface area contributed by atoms with E-state index in [9.17, 15) is 18.0 Å². The summed E-state index contributed by atoms with van der Waals surface area (Å²) in [6.07, 6.45) is -4.54. The molecule has 5 nitrogen and oxygen atoms in total. The molecule has 0 aliphatic heterocycles. The number of fused-ring (bicyclic) bond motifs is 1. The fourth-order valence-corrected chi connectivity index (χ4v) is 2.04. The number of aliphatic carboxylic acids is 1. The summed E-state index contributed by atoms with van der Waals surface area (Å²) in [7, 11) is 0. The minimum Gasteiger partial charge on any atom is -0.480 e. The molecule has 0 unspecified atom stereocenters. The van der Waals surface area contributed by atoms with Gasteiger partial charge in [-0.05, 0) is 6.92 Å². The molecule has 1 aromatic heterocycles. The minimum absolute atomic E-state index is 0.0871. The monoisotopic (exact) mass is 299 g/mol. The lowest BCUT2D eigenvalue weighted by molar-refractivity contribution is -0.136. The fraction of sp³-hybridized carbons (Fsp3) is 0.308. The fourth-order valence-electron chi connectivity index (χ4n) is 2.04. The third-order valence-corrected chi connectivity index (χ3v) is 2.85. The second-order valence-corrected chi connectivity index (χ2v) is 4.52. The third-order valence-electron chi connectivity index (χ3n) is 2.85. The van der Waals surface area contributed by atoms with Gasteiger partial charge in [-0.2, -0.15) is 18.3 Å². The maximum absolute atomic E-state index is 12.6. The lowest BCUT2D eigenvalue weighted by Crippen LogP contribution is -2.38. The van der Waals surface area contributed by atoms with Gasteiger partial charge in [0.25, 0.3) is 0 Å². The van der Waals surface area contributed by atoms with Gasteiger partial charge in [0.2, 0.25) is 0 Å². The number of carbonyl (C=O) groups is 1. The number of carboxylic acid groups (broad SMARTS) is 1. The highest BCUT2D eigenvalue weighted by molar-refractivity contribution is 5.94. The van der Waals surface area contributed by atoms with Crippen molar-refractivity contribution < 1.29 is 23.1 Å². The van der Waals surface area contributed by atoms with E-state index in [1.165, 1.54) is 0 Å². The van der Waals surface area contributed by atoms with E-state index in [0.717, 1.165) is 0 Å². The molecule has 2 rings (SSSR count). The zero-order valence-corrected chi connectivity index (χ0v) is 11.1. The SMILES string of the molecule is Cc1nnc(N(CC(=O)O)CC(F)(F)F)c2ccccc12. The molecule has 1 aromatic carbocycles. The first-order valence-corrected chi connectivity index (χ1v) is 6.03. The number of alkyl halides is 3. The van der Waals surface area contributed by atoms with Crippen LogP contribution < -0.4 is 4.90 Å². The first kappa shape index (κ1) is 15.0. The van der Waals surface area contributed by atoms with E-state index in [4.69, 9.17) is 5.11 Å². The average Bonchev–Trinajstić information content (AvgIpc) is 2.36. The zero-order valence-electron chi connectivity index (χ0n) is 11.1. The Morgan fingerprint density at radius 3 is 2.43 bits per heavy atom. The van der Waals surface area contributed by atoms with E-state index in [2.05, 4.69) is 10.2 Å². The van der Waals surface area contributed by atoms with Crippen LogP contribution in [0.25, 0.3) is 10.8 Å². The molecule has 8 heteroatoms. The van der Waals surface area contributed by atoms with Crippen LogP contribution in [0.1, 0.15) is 5.69 Å². The molecule has 0 atom stereocenters. The van der Waals surface area contributed by atoms with E-state index in [-0.39, 0.29) is 5.82 Å². The van der Waals surface area contributed by atoms with E-state index in [0.29, 0.717) is 21.4 Å². The number of anilines is 1. The number of aryl methyl sites for hydroxylation is 1. The topological polar surface area (TPSA) is 66.3 Å². The van der Waals surface area contributed by atoms with Crippen LogP contribution in [0.3, 0.4) is 0 Å². The Hall–Kier alpha value is -2.38. The summed E-state index contributed by atoms with van der Waals surface area (Å²) < 4.78 is 37.9. The van der Waals surface area contributed by atoms with Gasteiger partial charge in [0.1, 0.15) is 13.1 Å². The van der Waals surface area contributed by atoms with Gasteiger partial charge < -0.3 is 10.0 Å². The number of aromatic nitrogens is 2. The van der Waals surface area contributed by atoms with Crippen LogP contribution in [-0.2, 0) is 4.79 Å². The summed E-state index contributed by atoms with van der Waals surface area (Å²) >= 11 is 0. The Balaban J connectivity index is 2.54. The van der Waals surface area contributed by atoms with Gasteiger partial charge >= 0.3 is 12.1 Å². The van der Waals surface area contributed by atoms with Gasteiger partial charge in [-0.15, -0.1) is 5.10 Å². The van der Waals surface area contributed by atoms with Crippen molar-refractivity contribution in [3.05, 3.63) is 30.0 Å². The Labute approximate surface area is 118 Å². The van der Waals surface area contributed by atoms with Crippen molar-refractivity contribution in [1.82, 2.24) is 10.2 Å². The van der Waals surface area contributed by atoms with Crippen molar-refractivity contribution in [2.75, 3.05) is 18.0 Å². The van der Waals surface area contributed by atoms with Gasteiger partial charge in [-0.3, -0.25) is 4.79 Å². The molecule has 1 N–H and O–H groups in total. The molecular formula is C13H12F3N3O2. The third kappa shape index (κ3) is 3.59. The van der Waals surface area contributed by atoms with E-state index >= 15 is 0 Å². The maximum Gasteiger partial charge on any atom is 0.405 e. The Morgan fingerprint density at radius 2 is 1.86 bits per heavy atom. The van der Waals surface area contributed by atoms with E-state index < -0.39 is 25.2 Å². The molecule has 21 heavy (non-hydrogen) atoms. The summed E-state index contributed by atoms with van der Waals surface area (Å²) in [6.45, 7) is -0.521. The van der Waals surface area contributed by atoms with Gasteiger partial charge in [0.15, 0.2) is 5.82 Å². The van der Waals surface area contributed by atoms with Crippen molar-refractivity contribution in [1.29, 1.82) is 0 Å². The van der Waals surface area contributed by atoms with Gasteiger partial charge in [0, 0.05) is 10.8 Å². The molecule has 1 heterocycles. The largest absolute Gasteiger partial charge is 0.480 e. The first-order chi connectivity index (χ1) is 9.78. The quantitative estimate of drug-likeness (QED) is 0.939. The molecule has 0 saturated carbocycles. The van der Waals surface area contributed by atoms with Crippen molar-refractivity contribution in [3.8, 4) is 0 Å². The minimum atomic E-state index is -4.54. The number of carboxylic acids is 1. The van der Waals surface area contributed by atoms with Crippen molar-refractivity contribution >= 4 is 22.6 Å². The summed E-state index contributed by atoms with van der Waals surface area (Å²) in [5.74, 6) is -1.46. The van der Waals surface area contributed by atoms with E-state index in [1.807, 2.05) is 0 Å². The number of rotatable bonds is 4. The van der Waals surface area contributed by atoms with Crippen LogP contribution in [-0.4, -0.2) is 40.5 Å². The van der Waals surface area contributed by atoms with Crippen molar-refractivity contribution in [2.45, 2.75) is 13.1 Å². The van der Waals surface area contributed by atoms with Crippen LogP contribution in [0.5, 0.6) is 0 Å². The van der Waals surface area contributed by atoms with E-state index in [1.54, 1.807) is 31.2 Å². The smallest absolute Gasteiger partial charge is 0.405 e. The van der Waals surface area contributed by atoms with Gasteiger partial charge in [0.05, 0.1) is 5.69 Å². The standard InChI is InChI=1S/C13H12F3N3O2/c1-8-9-4-2-3-5-10(9)12(18-17-8)19(6-11(20)21)7-13(14,15)16/h2-5H,6-7H2,1H3,(H,20,21). The van der Waals surface area contributed by atoms with Crippen LogP contribution >= 0.6 is 0 Å². The number of halogens is 3. The lowest BCUT2D eigenvalue weighted by Gasteiger charge is -2.24. The first-order valence-electron chi connectivity index (χ1n) is 6.03. The Morgan fingerprint density at radius 1 is 1.24 bits per heavy atom. The summed E-state index contributed by atoms with van der Waals surface area (Å²) in [5, 5.41) is 17.5. The summed E-state index contributed by atoms with van der Waals surface area (Å²) in [5.41, 5.74) is 0.566. The summed E-state index contributed by atoms with van der Waals surface area (Å²) in [4.78, 5) is 11.5. The number of nitrogens with zero attached hydrogens (tertiary/aromatic N) is 3. The van der Waals surface area contributed by atoms with Crippen LogP contribution in [0.2, 0.25) is 0 Å². The molecule has 0 radical (unpaired) electrons. The summed E-state index contributed by atoms with van der Waals surface area (Å²) in [6, 6.07) is 6.68. The predicted molar refractivity (Wildman–Crippen MR) is 70.2 cm³/mol. The highest BCUT2D eigenvalue weighted by Crippen LogP contribution is 2.28. The Bertz CT molecular complexity index is 673.